The highest BCUT2D eigenvalue weighted by atomic mass is 79.9. The van der Waals surface area contributed by atoms with Crippen LogP contribution in [0.5, 0.6) is 0 Å². The Morgan fingerprint density at radius 3 is 2.68 bits per heavy atom. The van der Waals surface area contributed by atoms with Gasteiger partial charge in [0.15, 0.2) is 0 Å². The number of hydrogen-bond acceptors (Lipinski definition) is 4. The van der Waals surface area contributed by atoms with Crippen molar-refractivity contribution in [2.75, 3.05) is 25.9 Å². The lowest BCUT2D eigenvalue weighted by molar-refractivity contribution is 0.414. The monoisotopic (exact) mass is 368 g/mol. The van der Waals surface area contributed by atoms with Crippen LogP contribution < -0.4 is 5.32 Å². The van der Waals surface area contributed by atoms with Crippen LogP contribution in [0.25, 0.3) is 0 Å². The Balaban J connectivity index is 2.33. The zero-order valence-electron chi connectivity index (χ0n) is 11.5. The molecule has 0 bridgehead atoms. The zero-order chi connectivity index (χ0) is 14.5. The summed E-state index contributed by atoms with van der Waals surface area (Å²) in [6.45, 7) is 5.88. The molecule has 0 aliphatic heterocycles. The van der Waals surface area contributed by atoms with Gasteiger partial charge in [0.2, 0.25) is 10.0 Å². The molecule has 1 N–H and O–H groups in total. The molecule has 1 aromatic heterocycles. The average Bonchev–Trinajstić information content (AvgIpc) is 2.73. The Kier molecular flexibility index (Phi) is 6.96. The Morgan fingerprint density at radius 2 is 2.21 bits per heavy atom. The standard InChI is InChI=1S/C12H21BrN2O2S2/c1-4-15(19(3,16)17)8-5-7-14-10(2)12-11(13)6-9-18-12/h6,9-10,14H,4-5,7-8H2,1-3H3. The summed E-state index contributed by atoms with van der Waals surface area (Å²) in [6.07, 6.45) is 2.07. The molecule has 1 heterocycles. The fourth-order valence-corrected chi connectivity index (χ4v) is 4.52. The predicted octanol–water partition coefficient (Wildman–Crippen LogP) is 2.83. The molecule has 110 valence electrons. The fourth-order valence-electron chi connectivity index (χ4n) is 1.84. The first-order valence-corrected chi connectivity index (χ1v) is 9.79. The number of sulfonamides is 1. The number of thiophene rings is 1. The zero-order valence-corrected chi connectivity index (χ0v) is 14.7. The largest absolute Gasteiger partial charge is 0.309 e. The molecule has 1 atom stereocenters. The highest BCUT2D eigenvalue weighted by Crippen LogP contribution is 2.28. The number of nitrogens with zero attached hydrogens (tertiary/aromatic N) is 1. The van der Waals surface area contributed by atoms with Gasteiger partial charge in [-0.2, -0.15) is 0 Å². The van der Waals surface area contributed by atoms with E-state index in [0.29, 0.717) is 13.1 Å². The SMILES string of the molecule is CCN(CCCNC(C)c1sccc1Br)S(C)(=O)=O. The third-order valence-corrected chi connectivity index (χ3v) is 6.33. The van der Waals surface area contributed by atoms with Crippen molar-refractivity contribution in [2.45, 2.75) is 26.3 Å². The van der Waals surface area contributed by atoms with E-state index in [1.165, 1.54) is 15.4 Å². The molecule has 0 aliphatic rings. The van der Waals surface area contributed by atoms with Gasteiger partial charge in [-0.25, -0.2) is 12.7 Å². The fraction of sp³-hybridized carbons (Fsp3) is 0.667. The molecule has 0 aliphatic carbocycles. The van der Waals surface area contributed by atoms with Crippen molar-refractivity contribution >= 4 is 37.3 Å². The molecule has 7 heteroatoms. The maximum absolute atomic E-state index is 11.4. The molecule has 1 aromatic rings. The van der Waals surface area contributed by atoms with Gasteiger partial charge in [-0.15, -0.1) is 11.3 Å². The summed E-state index contributed by atoms with van der Waals surface area (Å²) in [5.74, 6) is 0. The van der Waals surface area contributed by atoms with Gasteiger partial charge in [0.25, 0.3) is 0 Å². The molecule has 0 fully saturated rings. The first-order valence-electron chi connectivity index (χ1n) is 6.27. The van der Waals surface area contributed by atoms with Crippen LogP contribution >= 0.6 is 27.3 Å². The van der Waals surface area contributed by atoms with Crippen molar-refractivity contribution in [1.29, 1.82) is 0 Å². The summed E-state index contributed by atoms with van der Waals surface area (Å²) in [6, 6.07) is 2.32. The van der Waals surface area contributed by atoms with E-state index in [-0.39, 0.29) is 6.04 Å². The third kappa shape index (κ3) is 5.51. The van der Waals surface area contributed by atoms with Crippen LogP contribution in [-0.2, 0) is 10.0 Å². The van der Waals surface area contributed by atoms with Gasteiger partial charge in [0, 0.05) is 28.5 Å². The number of halogens is 1. The highest BCUT2D eigenvalue weighted by Gasteiger charge is 2.14. The maximum atomic E-state index is 11.4. The van der Waals surface area contributed by atoms with Crippen molar-refractivity contribution in [1.82, 2.24) is 9.62 Å². The highest BCUT2D eigenvalue weighted by molar-refractivity contribution is 9.10. The second kappa shape index (κ2) is 7.73. The number of hydrogen-bond donors (Lipinski definition) is 1. The topological polar surface area (TPSA) is 49.4 Å². The first kappa shape index (κ1) is 17.1. The normalized spacial score (nSPS) is 13.9. The van der Waals surface area contributed by atoms with E-state index in [4.69, 9.17) is 0 Å². The minimum Gasteiger partial charge on any atom is -0.309 e. The van der Waals surface area contributed by atoms with E-state index in [1.54, 1.807) is 11.3 Å². The quantitative estimate of drug-likeness (QED) is 0.717. The molecule has 1 unspecified atom stereocenters. The summed E-state index contributed by atoms with van der Waals surface area (Å²) < 4.78 is 25.5. The summed E-state index contributed by atoms with van der Waals surface area (Å²) in [4.78, 5) is 1.27. The Bertz CT molecular complexity index is 488. The predicted molar refractivity (Wildman–Crippen MR) is 85.1 cm³/mol. The van der Waals surface area contributed by atoms with E-state index >= 15 is 0 Å². The summed E-state index contributed by atoms with van der Waals surface area (Å²) >= 11 is 5.23. The van der Waals surface area contributed by atoms with Crippen LogP contribution in [0.1, 0.15) is 31.2 Å². The van der Waals surface area contributed by atoms with Crippen molar-refractivity contribution in [3.8, 4) is 0 Å². The van der Waals surface area contributed by atoms with E-state index in [9.17, 15) is 8.42 Å². The third-order valence-electron chi connectivity index (χ3n) is 2.89. The van der Waals surface area contributed by atoms with E-state index < -0.39 is 10.0 Å². The molecule has 4 nitrogen and oxygen atoms in total. The molecule has 0 saturated carbocycles. The molecule has 1 rings (SSSR count). The minimum absolute atomic E-state index is 0.280. The van der Waals surface area contributed by atoms with Crippen molar-refractivity contribution in [3.63, 3.8) is 0 Å². The number of nitrogens with one attached hydrogen (secondary N) is 1. The van der Waals surface area contributed by atoms with Gasteiger partial charge in [-0.1, -0.05) is 6.92 Å². The second-order valence-electron chi connectivity index (χ2n) is 4.42. The molecule has 0 spiro atoms. The van der Waals surface area contributed by atoms with E-state index in [2.05, 4.69) is 33.6 Å². The average molecular weight is 369 g/mol. The summed E-state index contributed by atoms with van der Waals surface area (Å²) in [5, 5.41) is 5.47. The van der Waals surface area contributed by atoms with Crippen molar-refractivity contribution in [3.05, 3.63) is 20.8 Å². The van der Waals surface area contributed by atoms with Crippen LogP contribution in [0.15, 0.2) is 15.9 Å². The van der Waals surface area contributed by atoms with Gasteiger partial charge in [-0.05, 0) is 47.3 Å². The Morgan fingerprint density at radius 1 is 1.53 bits per heavy atom. The molecule has 0 saturated heterocycles. The molecular weight excluding hydrogens is 348 g/mol. The first-order chi connectivity index (χ1) is 8.86. The maximum Gasteiger partial charge on any atom is 0.211 e. The summed E-state index contributed by atoms with van der Waals surface area (Å²) in [5.41, 5.74) is 0. The molecule has 0 aromatic carbocycles. The van der Waals surface area contributed by atoms with Crippen LogP contribution in [-0.4, -0.2) is 38.6 Å². The summed E-state index contributed by atoms with van der Waals surface area (Å²) in [7, 11) is -3.07. The van der Waals surface area contributed by atoms with Gasteiger partial charge >= 0.3 is 0 Å². The van der Waals surface area contributed by atoms with Crippen molar-refractivity contribution < 1.29 is 8.42 Å². The number of rotatable bonds is 8. The minimum atomic E-state index is -3.07. The smallest absolute Gasteiger partial charge is 0.211 e. The van der Waals surface area contributed by atoms with E-state index in [0.717, 1.165) is 17.4 Å². The lowest BCUT2D eigenvalue weighted by Gasteiger charge is -2.18. The van der Waals surface area contributed by atoms with Crippen molar-refractivity contribution in [2.24, 2.45) is 0 Å². The van der Waals surface area contributed by atoms with Crippen LogP contribution in [0, 0.1) is 0 Å². The van der Waals surface area contributed by atoms with Gasteiger partial charge in [0.05, 0.1) is 6.26 Å². The van der Waals surface area contributed by atoms with Gasteiger partial charge in [0.1, 0.15) is 0 Å². The van der Waals surface area contributed by atoms with Crippen LogP contribution in [0.3, 0.4) is 0 Å². The lowest BCUT2D eigenvalue weighted by Crippen LogP contribution is -2.32. The molecular formula is C12H21BrN2O2S2. The molecule has 0 amide bonds. The van der Waals surface area contributed by atoms with E-state index in [1.807, 2.05) is 13.0 Å². The Labute approximate surface area is 128 Å². The second-order valence-corrected chi connectivity index (χ2v) is 8.20. The van der Waals surface area contributed by atoms with Crippen LogP contribution in [0.4, 0.5) is 0 Å². The van der Waals surface area contributed by atoms with Gasteiger partial charge < -0.3 is 5.32 Å². The molecule has 0 radical (unpaired) electrons. The lowest BCUT2D eigenvalue weighted by atomic mass is 10.2. The molecule has 19 heavy (non-hydrogen) atoms. The van der Waals surface area contributed by atoms with Crippen LogP contribution in [0.2, 0.25) is 0 Å². The Hall–Kier alpha value is 0.0500. The van der Waals surface area contributed by atoms with Gasteiger partial charge in [-0.3, -0.25) is 0 Å².